The highest BCUT2D eigenvalue weighted by Gasteiger charge is 2.20. The summed E-state index contributed by atoms with van der Waals surface area (Å²) in [6, 6.07) is 4.86. The third-order valence-electron chi connectivity index (χ3n) is 4.86. The first-order valence-electron chi connectivity index (χ1n) is 9.47. The Balaban J connectivity index is 1.68. The maximum Gasteiger partial charge on any atom is 0.224 e. The standard InChI is InChI=1S/C20H31FN4O/c1-15-5-4-12-25(14-15)19(26)9-11-24-20(22-3)23-10-8-17-6-7-18(21)13-16(17)2/h6-7,13,15H,4-5,8-12,14H2,1-3H3,(H2,22,23,24). The Morgan fingerprint density at radius 2 is 2.12 bits per heavy atom. The zero-order valence-electron chi connectivity index (χ0n) is 16.1. The van der Waals surface area contributed by atoms with E-state index in [2.05, 4.69) is 22.5 Å². The molecule has 0 saturated carbocycles. The van der Waals surface area contributed by atoms with Crippen molar-refractivity contribution in [3.05, 3.63) is 35.1 Å². The summed E-state index contributed by atoms with van der Waals surface area (Å²) in [7, 11) is 1.71. The molecule has 0 spiro atoms. The van der Waals surface area contributed by atoms with Gasteiger partial charge in [0.1, 0.15) is 5.82 Å². The van der Waals surface area contributed by atoms with E-state index in [1.54, 1.807) is 13.1 Å². The van der Waals surface area contributed by atoms with Crippen LogP contribution in [0.5, 0.6) is 0 Å². The first-order valence-corrected chi connectivity index (χ1v) is 9.47. The Labute approximate surface area is 156 Å². The van der Waals surface area contributed by atoms with Crippen molar-refractivity contribution in [1.29, 1.82) is 0 Å². The zero-order valence-corrected chi connectivity index (χ0v) is 16.1. The molecule has 1 aliphatic heterocycles. The summed E-state index contributed by atoms with van der Waals surface area (Å²) in [6.07, 6.45) is 3.58. The second-order valence-corrected chi connectivity index (χ2v) is 7.08. The number of guanidine groups is 1. The van der Waals surface area contributed by atoms with Crippen LogP contribution in [0.1, 0.15) is 37.3 Å². The topological polar surface area (TPSA) is 56.7 Å². The van der Waals surface area contributed by atoms with Crippen LogP contribution in [0.2, 0.25) is 0 Å². The van der Waals surface area contributed by atoms with Gasteiger partial charge in [0.15, 0.2) is 5.96 Å². The summed E-state index contributed by atoms with van der Waals surface area (Å²) >= 11 is 0. The van der Waals surface area contributed by atoms with Gasteiger partial charge in [-0.15, -0.1) is 0 Å². The van der Waals surface area contributed by atoms with Crippen molar-refractivity contribution in [3.8, 4) is 0 Å². The number of hydrogen-bond acceptors (Lipinski definition) is 2. The molecule has 6 heteroatoms. The number of benzene rings is 1. The van der Waals surface area contributed by atoms with Crippen LogP contribution in [0.4, 0.5) is 4.39 Å². The second kappa shape index (κ2) is 10.1. The van der Waals surface area contributed by atoms with E-state index < -0.39 is 0 Å². The van der Waals surface area contributed by atoms with Crippen LogP contribution in [0, 0.1) is 18.7 Å². The lowest BCUT2D eigenvalue weighted by atomic mass is 10.00. The van der Waals surface area contributed by atoms with Crippen molar-refractivity contribution in [2.45, 2.75) is 39.5 Å². The van der Waals surface area contributed by atoms with Gasteiger partial charge in [0, 0.05) is 39.6 Å². The molecule has 0 radical (unpaired) electrons. The smallest absolute Gasteiger partial charge is 0.224 e. The van der Waals surface area contributed by atoms with Crippen LogP contribution in [0.15, 0.2) is 23.2 Å². The highest BCUT2D eigenvalue weighted by Crippen LogP contribution is 2.15. The molecule has 2 N–H and O–H groups in total. The van der Waals surface area contributed by atoms with Crippen LogP contribution in [-0.2, 0) is 11.2 Å². The SMILES string of the molecule is CN=C(NCCC(=O)N1CCCC(C)C1)NCCc1ccc(F)cc1C. The Kier molecular flexibility index (Phi) is 7.88. The number of nitrogens with zero attached hydrogens (tertiary/aromatic N) is 2. The van der Waals surface area contributed by atoms with Gasteiger partial charge in [0.2, 0.25) is 5.91 Å². The van der Waals surface area contributed by atoms with Gasteiger partial charge in [-0.1, -0.05) is 13.0 Å². The molecular weight excluding hydrogens is 331 g/mol. The Hall–Kier alpha value is -2.11. The monoisotopic (exact) mass is 362 g/mol. The molecule has 26 heavy (non-hydrogen) atoms. The summed E-state index contributed by atoms with van der Waals surface area (Å²) in [5, 5.41) is 6.43. The molecule has 0 aromatic heterocycles. The molecule has 0 bridgehead atoms. The largest absolute Gasteiger partial charge is 0.356 e. The van der Waals surface area contributed by atoms with E-state index in [-0.39, 0.29) is 11.7 Å². The van der Waals surface area contributed by atoms with E-state index in [1.165, 1.54) is 12.5 Å². The Morgan fingerprint density at radius 3 is 2.81 bits per heavy atom. The van der Waals surface area contributed by atoms with Gasteiger partial charge in [-0.3, -0.25) is 9.79 Å². The predicted octanol–water partition coefficient (Wildman–Crippen LogP) is 2.49. The van der Waals surface area contributed by atoms with Gasteiger partial charge in [0.05, 0.1) is 0 Å². The van der Waals surface area contributed by atoms with Crippen molar-refractivity contribution in [1.82, 2.24) is 15.5 Å². The molecule has 1 heterocycles. The molecule has 1 amide bonds. The minimum Gasteiger partial charge on any atom is -0.356 e. The molecule has 1 saturated heterocycles. The van der Waals surface area contributed by atoms with E-state index >= 15 is 0 Å². The van der Waals surface area contributed by atoms with Crippen LogP contribution >= 0.6 is 0 Å². The molecule has 1 fully saturated rings. The number of piperidine rings is 1. The summed E-state index contributed by atoms with van der Waals surface area (Å²) in [5.74, 6) is 1.29. The number of halogens is 1. The zero-order chi connectivity index (χ0) is 18.9. The fraction of sp³-hybridized carbons (Fsp3) is 0.600. The molecular formula is C20H31FN4O. The van der Waals surface area contributed by atoms with Gasteiger partial charge in [-0.2, -0.15) is 0 Å². The van der Waals surface area contributed by atoms with E-state index in [0.717, 1.165) is 37.1 Å². The average Bonchev–Trinajstić information content (AvgIpc) is 2.62. The van der Waals surface area contributed by atoms with Crippen LogP contribution in [0.3, 0.4) is 0 Å². The second-order valence-electron chi connectivity index (χ2n) is 7.08. The molecule has 1 aliphatic rings. The number of likely N-dealkylation sites (tertiary alicyclic amines) is 1. The summed E-state index contributed by atoms with van der Waals surface area (Å²) in [6.45, 7) is 7.14. The summed E-state index contributed by atoms with van der Waals surface area (Å²) in [4.78, 5) is 18.4. The lowest BCUT2D eigenvalue weighted by Gasteiger charge is -2.31. The van der Waals surface area contributed by atoms with Gasteiger partial charge in [-0.05, 0) is 55.4 Å². The number of carbonyl (C=O) groups is 1. The quantitative estimate of drug-likeness (QED) is 0.604. The normalized spacial score (nSPS) is 17.9. The highest BCUT2D eigenvalue weighted by molar-refractivity contribution is 5.81. The van der Waals surface area contributed by atoms with Crippen LogP contribution < -0.4 is 10.6 Å². The molecule has 1 atom stereocenters. The average molecular weight is 362 g/mol. The maximum atomic E-state index is 13.1. The van der Waals surface area contributed by atoms with Crippen LogP contribution in [-0.4, -0.2) is 50.0 Å². The minimum atomic E-state index is -0.204. The number of rotatable bonds is 6. The molecule has 144 valence electrons. The Bertz CT molecular complexity index is 632. The van der Waals surface area contributed by atoms with Crippen molar-refractivity contribution in [2.24, 2.45) is 10.9 Å². The van der Waals surface area contributed by atoms with E-state index in [0.29, 0.717) is 31.4 Å². The van der Waals surface area contributed by atoms with Gasteiger partial charge in [-0.25, -0.2) is 4.39 Å². The third-order valence-corrected chi connectivity index (χ3v) is 4.86. The fourth-order valence-corrected chi connectivity index (χ4v) is 3.34. The van der Waals surface area contributed by atoms with E-state index in [4.69, 9.17) is 0 Å². The number of nitrogens with one attached hydrogen (secondary N) is 2. The lowest BCUT2D eigenvalue weighted by molar-refractivity contribution is -0.132. The number of aliphatic imine (C=N–C) groups is 1. The molecule has 0 aliphatic carbocycles. The predicted molar refractivity (Wildman–Crippen MR) is 104 cm³/mol. The van der Waals surface area contributed by atoms with Crippen molar-refractivity contribution in [2.75, 3.05) is 33.2 Å². The third kappa shape index (κ3) is 6.32. The van der Waals surface area contributed by atoms with Crippen molar-refractivity contribution >= 4 is 11.9 Å². The summed E-state index contributed by atoms with van der Waals surface area (Å²) in [5.41, 5.74) is 2.07. The maximum absolute atomic E-state index is 13.1. The first-order chi connectivity index (χ1) is 12.5. The number of hydrogen-bond donors (Lipinski definition) is 2. The molecule has 1 aromatic rings. The minimum absolute atomic E-state index is 0.204. The van der Waals surface area contributed by atoms with Gasteiger partial charge < -0.3 is 15.5 Å². The van der Waals surface area contributed by atoms with Gasteiger partial charge >= 0.3 is 0 Å². The van der Waals surface area contributed by atoms with Crippen LogP contribution in [0.25, 0.3) is 0 Å². The Morgan fingerprint density at radius 1 is 1.35 bits per heavy atom. The fourth-order valence-electron chi connectivity index (χ4n) is 3.34. The molecule has 1 aromatic carbocycles. The number of aryl methyl sites for hydroxylation is 1. The molecule has 1 unspecified atom stereocenters. The van der Waals surface area contributed by atoms with Crippen molar-refractivity contribution in [3.63, 3.8) is 0 Å². The first kappa shape index (κ1) is 20.2. The molecule has 5 nitrogen and oxygen atoms in total. The lowest BCUT2D eigenvalue weighted by Crippen LogP contribution is -2.42. The van der Waals surface area contributed by atoms with Crippen molar-refractivity contribution < 1.29 is 9.18 Å². The van der Waals surface area contributed by atoms with Gasteiger partial charge in [0.25, 0.3) is 0 Å². The number of amides is 1. The number of carbonyl (C=O) groups excluding carboxylic acids is 1. The molecule has 2 rings (SSSR count). The van der Waals surface area contributed by atoms with E-state index in [1.807, 2.05) is 17.9 Å². The summed E-state index contributed by atoms with van der Waals surface area (Å²) < 4.78 is 13.1. The highest BCUT2D eigenvalue weighted by atomic mass is 19.1. The van der Waals surface area contributed by atoms with E-state index in [9.17, 15) is 9.18 Å².